The molecule has 0 aliphatic rings. The molecule has 0 unspecified atom stereocenters. The maximum Gasteiger partial charge on any atom is 0.129 e. The van der Waals surface area contributed by atoms with E-state index in [-0.39, 0.29) is 0 Å². The molecule has 1 rings (SSSR count). The summed E-state index contributed by atoms with van der Waals surface area (Å²) in [5.74, 6) is 0.693. The van der Waals surface area contributed by atoms with Crippen LogP contribution in [0.5, 0.6) is 0 Å². The van der Waals surface area contributed by atoms with E-state index in [0.29, 0.717) is 11.0 Å². The molecule has 0 N–H and O–H groups in total. The van der Waals surface area contributed by atoms with Gasteiger partial charge in [0.05, 0.1) is 0 Å². The molecule has 1 aromatic heterocycles. The molecule has 0 fully saturated rings. The van der Waals surface area contributed by atoms with Crippen LogP contribution < -0.4 is 0 Å². The zero-order valence-corrected chi connectivity index (χ0v) is 10.4. The van der Waals surface area contributed by atoms with Crippen molar-refractivity contribution in [2.75, 3.05) is 5.88 Å². The Morgan fingerprint density at radius 1 is 1.40 bits per heavy atom. The third kappa shape index (κ3) is 4.67. The van der Waals surface area contributed by atoms with Crippen LogP contribution in [0.25, 0.3) is 0 Å². The molecule has 1 heterocycles. The van der Waals surface area contributed by atoms with Crippen molar-refractivity contribution in [1.82, 2.24) is 4.98 Å². The number of aromatic nitrogens is 1. The van der Waals surface area contributed by atoms with Gasteiger partial charge in [-0.2, -0.15) is 0 Å². The summed E-state index contributed by atoms with van der Waals surface area (Å²) in [6, 6.07) is 3.84. The van der Waals surface area contributed by atoms with Gasteiger partial charge in [0.25, 0.3) is 0 Å². The van der Waals surface area contributed by atoms with Gasteiger partial charge in [0.15, 0.2) is 0 Å². The molecule has 15 heavy (non-hydrogen) atoms. The molecule has 0 atom stereocenters. The predicted octanol–water partition coefficient (Wildman–Crippen LogP) is 4.24. The molecule has 0 radical (unpaired) electrons. The Morgan fingerprint density at radius 3 is 2.73 bits per heavy atom. The van der Waals surface area contributed by atoms with Gasteiger partial charge in [0.2, 0.25) is 0 Å². The highest BCUT2D eigenvalue weighted by Gasteiger charge is 1.98. The Kier molecular flexibility index (Phi) is 5.74. The van der Waals surface area contributed by atoms with Crippen LogP contribution in [0, 0.1) is 0 Å². The van der Waals surface area contributed by atoms with Gasteiger partial charge in [0, 0.05) is 12.1 Å². The van der Waals surface area contributed by atoms with Gasteiger partial charge in [0.1, 0.15) is 5.15 Å². The zero-order chi connectivity index (χ0) is 11.1. The molecule has 0 aliphatic carbocycles. The maximum atomic E-state index is 5.71. The monoisotopic (exact) mass is 243 g/mol. The number of aryl methyl sites for hydroxylation is 1. The van der Waals surface area contributed by atoms with Crippen molar-refractivity contribution >= 4 is 23.2 Å². The number of hydrogen-bond acceptors (Lipinski definition) is 1. The average Bonchev–Trinajstić information content (AvgIpc) is 2.26. The minimum atomic E-state index is 0.547. The van der Waals surface area contributed by atoms with Gasteiger partial charge >= 0.3 is 0 Å². The van der Waals surface area contributed by atoms with Crippen LogP contribution in [0.3, 0.4) is 0 Å². The summed E-state index contributed by atoms with van der Waals surface area (Å²) in [4.78, 5) is 4.05. The van der Waals surface area contributed by atoms with E-state index < -0.39 is 0 Å². The fourth-order valence-corrected chi connectivity index (χ4v) is 1.75. The van der Waals surface area contributed by atoms with Crippen LogP contribution in [0.4, 0.5) is 0 Å². The van der Waals surface area contributed by atoms with E-state index in [4.69, 9.17) is 23.2 Å². The number of hydrogen-bond donors (Lipinski definition) is 0. The Hall–Kier alpha value is -0.530. The van der Waals surface area contributed by atoms with Gasteiger partial charge in [-0.25, -0.2) is 4.98 Å². The lowest BCUT2D eigenvalue weighted by Crippen LogP contribution is -1.91. The molecule has 0 saturated heterocycles. The van der Waals surface area contributed by atoms with Gasteiger partial charge in [-0.05, 0) is 37.8 Å². The first-order valence-electron chi connectivity index (χ1n) is 5.06. The van der Waals surface area contributed by atoms with Crippen molar-refractivity contribution in [3.05, 3.63) is 40.7 Å². The molecule has 0 amide bonds. The molecular weight excluding hydrogens is 229 g/mol. The number of allylic oxidation sites excluding steroid dienone is 2. The molecule has 1 aromatic rings. The summed E-state index contributed by atoms with van der Waals surface area (Å²) < 4.78 is 0. The zero-order valence-electron chi connectivity index (χ0n) is 8.84. The summed E-state index contributed by atoms with van der Waals surface area (Å²) in [6.45, 7) is 2.06. The first-order valence-corrected chi connectivity index (χ1v) is 5.98. The van der Waals surface area contributed by atoms with Gasteiger partial charge in [-0.3, -0.25) is 0 Å². The van der Waals surface area contributed by atoms with E-state index in [1.807, 2.05) is 18.3 Å². The molecule has 3 heteroatoms. The minimum Gasteiger partial charge on any atom is -0.244 e. The Morgan fingerprint density at radius 2 is 2.20 bits per heavy atom. The van der Waals surface area contributed by atoms with Crippen LogP contribution >= 0.6 is 23.2 Å². The number of nitrogens with zero attached hydrogens (tertiary/aromatic N) is 1. The fourth-order valence-electron chi connectivity index (χ4n) is 1.39. The lowest BCUT2D eigenvalue weighted by Gasteiger charge is -2.04. The second-order valence-electron chi connectivity index (χ2n) is 3.38. The van der Waals surface area contributed by atoms with Crippen molar-refractivity contribution in [3.63, 3.8) is 0 Å². The summed E-state index contributed by atoms with van der Waals surface area (Å²) in [7, 11) is 0. The predicted molar refractivity (Wildman–Crippen MR) is 66.7 cm³/mol. The average molecular weight is 244 g/mol. The first kappa shape index (κ1) is 12.5. The number of rotatable bonds is 5. The van der Waals surface area contributed by atoms with Crippen molar-refractivity contribution < 1.29 is 0 Å². The van der Waals surface area contributed by atoms with Crippen molar-refractivity contribution in [2.45, 2.75) is 26.2 Å². The van der Waals surface area contributed by atoms with Gasteiger partial charge < -0.3 is 0 Å². The van der Waals surface area contributed by atoms with Gasteiger partial charge in [-0.1, -0.05) is 29.3 Å². The molecule has 0 saturated carbocycles. The summed E-state index contributed by atoms with van der Waals surface area (Å²) >= 11 is 11.4. The molecule has 0 aromatic carbocycles. The van der Waals surface area contributed by atoms with E-state index in [9.17, 15) is 0 Å². The normalized spacial score (nSPS) is 11.8. The summed E-state index contributed by atoms with van der Waals surface area (Å²) in [5, 5.41) is 0.547. The Balaban J connectivity index is 2.46. The Bertz CT molecular complexity index is 317. The number of alkyl halides is 1. The highest BCUT2D eigenvalue weighted by atomic mass is 35.5. The van der Waals surface area contributed by atoms with Crippen molar-refractivity contribution in [3.8, 4) is 0 Å². The number of halogens is 2. The molecule has 0 bridgehead atoms. The third-order valence-corrected chi connectivity index (χ3v) is 2.76. The summed E-state index contributed by atoms with van der Waals surface area (Å²) in [6.07, 6.45) is 6.99. The van der Waals surface area contributed by atoms with E-state index >= 15 is 0 Å². The van der Waals surface area contributed by atoms with E-state index in [2.05, 4.69) is 18.0 Å². The van der Waals surface area contributed by atoms with Crippen molar-refractivity contribution in [2.24, 2.45) is 0 Å². The van der Waals surface area contributed by atoms with Gasteiger partial charge in [-0.15, -0.1) is 11.6 Å². The largest absolute Gasteiger partial charge is 0.244 e. The van der Waals surface area contributed by atoms with E-state index in [1.54, 1.807) is 0 Å². The standard InChI is InChI=1S/C12H15Cl2N/c1-2-10(7-8-13)3-4-11-5-6-12(14)15-9-11/h2,5-6,9H,3-4,7-8H2,1H3. The number of pyridine rings is 1. The van der Waals surface area contributed by atoms with Crippen LogP contribution in [0.15, 0.2) is 30.0 Å². The highest BCUT2D eigenvalue weighted by molar-refractivity contribution is 6.29. The lowest BCUT2D eigenvalue weighted by molar-refractivity contribution is 0.879. The second-order valence-corrected chi connectivity index (χ2v) is 4.14. The fraction of sp³-hybridized carbons (Fsp3) is 0.417. The SMILES string of the molecule is CC=C(CCCl)CCc1ccc(Cl)nc1. The highest BCUT2D eigenvalue weighted by Crippen LogP contribution is 2.13. The van der Waals surface area contributed by atoms with Crippen LogP contribution in [0.1, 0.15) is 25.3 Å². The molecule has 1 nitrogen and oxygen atoms in total. The van der Waals surface area contributed by atoms with Crippen LogP contribution in [-0.2, 0) is 6.42 Å². The van der Waals surface area contributed by atoms with E-state index in [0.717, 1.165) is 19.3 Å². The smallest absolute Gasteiger partial charge is 0.129 e. The van der Waals surface area contributed by atoms with Crippen LogP contribution in [0.2, 0.25) is 5.15 Å². The third-order valence-electron chi connectivity index (χ3n) is 2.35. The lowest BCUT2D eigenvalue weighted by atomic mass is 10.0. The molecule has 0 spiro atoms. The molecule has 0 aliphatic heterocycles. The maximum absolute atomic E-state index is 5.71. The molecule has 82 valence electrons. The summed E-state index contributed by atoms with van der Waals surface area (Å²) in [5.41, 5.74) is 2.62. The quantitative estimate of drug-likeness (QED) is 0.428. The Labute approximate surface area is 101 Å². The van der Waals surface area contributed by atoms with E-state index in [1.165, 1.54) is 11.1 Å². The van der Waals surface area contributed by atoms with Crippen LogP contribution in [-0.4, -0.2) is 10.9 Å². The minimum absolute atomic E-state index is 0.547. The topological polar surface area (TPSA) is 12.9 Å². The first-order chi connectivity index (χ1) is 7.26. The molecular formula is C12H15Cl2N. The second kappa shape index (κ2) is 6.86. The van der Waals surface area contributed by atoms with Crippen molar-refractivity contribution in [1.29, 1.82) is 0 Å².